The molecule has 0 aromatic carbocycles. The Bertz CT molecular complexity index is 1850. The zero-order chi connectivity index (χ0) is 31.4. The van der Waals surface area contributed by atoms with Crippen molar-refractivity contribution in [3.8, 4) is 0 Å². The number of halogens is 1. The van der Waals surface area contributed by atoms with E-state index < -0.39 is 70.3 Å². The van der Waals surface area contributed by atoms with E-state index in [1.165, 1.54) is 28.1 Å². The number of rotatable bonds is 10. The van der Waals surface area contributed by atoms with E-state index in [0.29, 0.717) is 0 Å². The average molecular weight is 678 g/mol. The van der Waals surface area contributed by atoms with Crippen molar-refractivity contribution in [1.29, 1.82) is 0 Å². The molecule has 44 heavy (non-hydrogen) atoms. The van der Waals surface area contributed by atoms with Crippen LogP contribution < -0.4 is 17.0 Å². The summed E-state index contributed by atoms with van der Waals surface area (Å²) >= 11 is 4.47. The minimum Gasteiger partial charge on any atom is -0.382 e. The number of phosphoric ester groups is 1. The predicted molar refractivity (Wildman–Crippen MR) is 150 cm³/mol. The predicted octanol–water partition coefficient (Wildman–Crippen LogP) is -0.235. The van der Waals surface area contributed by atoms with Crippen LogP contribution in [0.1, 0.15) is 25.3 Å². The zero-order valence-corrected chi connectivity index (χ0v) is 24.8. The first-order chi connectivity index (χ1) is 20.8. The number of imidazole rings is 2. The number of ether oxygens (including phenoxy) is 2. The summed E-state index contributed by atoms with van der Waals surface area (Å²) in [6.45, 7) is -4.99. The molecule has 2 saturated heterocycles. The van der Waals surface area contributed by atoms with Crippen molar-refractivity contribution >= 4 is 60.4 Å². The topological polar surface area (TPSA) is 283 Å². The lowest BCUT2D eigenvalue weighted by Crippen LogP contribution is -2.24. The molecule has 6 heterocycles. The van der Waals surface area contributed by atoms with Gasteiger partial charge in [0.25, 0.3) is 5.56 Å². The molecule has 24 heteroatoms. The molecule has 8 N–H and O–H groups in total. The zero-order valence-electron chi connectivity index (χ0n) is 22.2. The molecule has 4 aromatic heterocycles. The molecule has 238 valence electrons. The van der Waals surface area contributed by atoms with Crippen molar-refractivity contribution in [3.05, 3.63) is 29.3 Å². The van der Waals surface area contributed by atoms with Gasteiger partial charge in [0.1, 0.15) is 24.1 Å². The number of nitrogens with two attached hydrogens (primary N) is 2. The third-order valence-corrected chi connectivity index (χ3v) is 8.60. The van der Waals surface area contributed by atoms with Crippen LogP contribution in [0.4, 0.5) is 16.2 Å². The van der Waals surface area contributed by atoms with Gasteiger partial charge >= 0.3 is 14.5 Å². The first-order valence-corrected chi connectivity index (χ1v) is 16.9. The van der Waals surface area contributed by atoms with Gasteiger partial charge in [-0.05, 0) is 11.8 Å². The fourth-order valence-corrected chi connectivity index (χ4v) is 6.45. The van der Waals surface area contributed by atoms with Gasteiger partial charge in [0.05, 0.1) is 38.1 Å². The Morgan fingerprint density at radius 1 is 1.00 bits per heavy atom. The quantitative estimate of drug-likeness (QED) is 0.118. The maximum atomic E-state index is 15.0. The lowest BCUT2D eigenvalue weighted by Gasteiger charge is -2.23. The minimum absolute atomic E-state index is 0.0204. The minimum atomic E-state index is -4.87. The van der Waals surface area contributed by atoms with E-state index in [0.717, 1.165) is 0 Å². The summed E-state index contributed by atoms with van der Waals surface area (Å²) in [5.74, 6) is -0.117. The Kier molecular flexibility index (Phi) is 8.26. The van der Waals surface area contributed by atoms with E-state index in [-0.39, 0.29) is 46.9 Å². The number of aromatic amines is 1. The van der Waals surface area contributed by atoms with Gasteiger partial charge in [-0.2, -0.15) is 4.98 Å². The summed E-state index contributed by atoms with van der Waals surface area (Å²) < 4.78 is 57.8. The molecule has 0 spiro atoms. The third kappa shape index (κ3) is 6.37. The SMILES string of the molecule is Nc1nc2c(ncn2[C@@H]2O[C@H](COP(O)(O)=S)C[C@H]2OP(=O)(O)OC[C@@H]2C[C@H](F)[C@@H](n3cnc4c(N)ncnc43)O2)c(=O)[nH]1. The molecule has 2 aliphatic heterocycles. The summed E-state index contributed by atoms with van der Waals surface area (Å²) in [5.41, 5.74) is 11.2. The van der Waals surface area contributed by atoms with Crippen molar-refractivity contribution in [3.63, 3.8) is 0 Å². The molecule has 0 aliphatic carbocycles. The van der Waals surface area contributed by atoms with Gasteiger partial charge in [0.2, 0.25) is 5.95 Å². The lowest BCUT2D eigenvalue weighted by atomic mass is 10.2. The highest BCUT2D eigenvalue weighted by Gasteiger charge is 2.44. The lowest BCUT2D eigenvalue weighted by molar-refractivity contribution is -0.0541. The summed E-state index contributed by atoms with van der Waals surface area (Å²) in [7, 11) is -4.87. The van der Waals surface area contributed by atoms with E-state index in [4.69, 9.17) is 34.5 Å². The highest BCUT2D eigenvalue weighted by molar-refractivity contribution is 8.06. The third-order valence-electron chi connectivity index (χ3n) is 6.78. The van der Waals surface area contributed by atoms with Gasteiger partial charge in [-0.15, -0.1) is 0 Å². The van der Waals surface area contributed by atoms with E-state index in [2.05, 4.69) is 41.7 Å². The summed E-state index contributed by atoms with van der Waals surface area (Å²) in [4.78, 5) is 64.1. The van der Waals surface area contributed by atoms with E-state index in [1.807, 2.05) is 0 Å². The molecule has 2 aliphatic rings. The van der Waals surface area contributed by atoms with Gasteiger partial charge in [0, 0.05) is 12.8 Å². The van der Waals surface area contributed by atoms with Crippen molar-refractivity contribution in [1.82, 2.24) is 39.0 Å². The van der Waals surface area contributed by atoms with Crippen LogP contribution in [0.3, 0.4) is 0 Å². The molecule has 4 aromatic rings. The van der Waals surface area contributed by atoms with Crippen LogP contribution in [-0.2, 0) is 39.4 Å². The summed E-state index contributed by atoms with van der Waals surface area (Å²) in [6, 6.07) is 0. The molecule has 20 nitrogen and oxygen atoms in total. The molecule has 0 radical (unpaired) electrons. The smallest absolute Gasteiger partial charge is 0.382 e. The Balaban J connectivity index is 1.16. The molecule has 7 atom stereocenters. The van der Waals surface area contributed by atoms with E-state index in [9.17, 15) is 28.4 Å². The Morgan fingerprint density at radius 2 is 1.66 bits per heavy atom. The Hall–Kier alpha value is -3.01. The van der Waals surface area contributed by atoms with Gasteiger partial charge < -0.3 is 40.1 Å². The Morgan fingerprint density at radius 3 is 2.41 bits per heavy atom. The molecular weight excluding hydrogens is 653 g/mol. The maximum absolute atomic E-state index is 15.0. The number of nitrogens with one attached hydrogen (secondary N) is 1. The fourth-order valence-electron chi connectivity index (χ4n) is 4.96. The second kappa shape index (κ2) is 11.7. The molecule has 0 saturated carbocycles. The van der Waals surface area contributed by atoms with Crippen molar-refractivity contribution in [2.24, 2.45) is 0 Å². The maximum Gasteiger partial charge on any atom is 0.472 e. The number of hydrogen-bond donors (Lipinski definition) is 6. The number of phosphoric acid groups is 1. The molecule has 2 fully saturated rings. The standard InChI is InChI=1S/C20H25FN10O10P2S/c21-10-1-8(39-18(10)30-6-26-12-14(22)24-5-25-15(12)30)3-37-42(33,34)41-11-2-9(4-38-43(35,36)44)40-19(11)31-7-27-13-16(31)28-20(23)29-17(13)32/h5-11,18-19H,1-4H2,(H,33,34)(H2,22,24,25)(H2,35,36,44)(H3,23,28,29,32)/t8-,9-,10-,11+,18-,19+/m0/s1. The molecular formula is C20H25FN10O10P2S. The first kappa shape index (κ1) is 31.0. The average Bonchev–Trinajstić information content (AvgIpc) is 3.71. The number of alkyl halides is 1. The number of hydrogen-bond acceptors (Lipinski definition) is 15. The van der Waals surface area contributed by atoms with Crippen LogP contribution in [0, 0.1) is 0 Å². The Labute approximate surface area is 250 Å². The van der Waals surface area contributed by atoms with Crippen molar-refractivity contribution in [2.45, 2.75) is 49.8 Å². The second-order valence-corrected chi connectivity index (χ2v) is 13.9. The molecule has 0 bridgehead atoms. The van der Waals surface area contributed by atoms with Gasteiger partial charge in [0.15, 0.2) is 35.1 Å². The van der Waals surface area contributed by atoms with Crippen LogP contribution in [0.5, 0.6) is 0 Å². The van der Waals surface area contributed by atoms with Crippen molar-refractivity contribution in [2.75, 3.05) is 24.7 Å². The van der Waals surface area contributed by atoms with Gasteiger partial charge in [-0.25, -0.2) is 28.9 Å². The normalized spacial score (nSPS) is 27.4. The van der Waals surface area contributed by atoms with Crippen LogP contribution in [0.2, 0.25) is 0 Å². The number of nitrogens with zero attached hydrogens (tertiary/aromatic N) is 7. The van der Waals surface area contributed by atoms with Crippen LogP contribution in [-0.4, -0.2) is 91.4 Å². The van der Waals surface area contributed by atoms with Gasteiger partial charge in [-0.3, -0.25) is 28.0 Å². The number of aromatic nitrogens is 8. The van der Waals surface area contributed by atoms with Crippen LogP contribution >= 0.6 is 14.5 Å². The number of anilines is 2. The van der Waals surface area contributed by atoms with Crippen LogP contribution in [0.15, 0.2) is 23.8 Å². The highest BCUT2D eigenvalue weighted by atomic mass is 32.5. The molecule has 0 amide bonds. The monoisotopic (exact) mass is 678 g/mol. The van der Waals surface area contributed by atoms with Crippen molar-refractivity contribution < 1.29 is 46.7 Å². The second-order valence-electron chi connectivity index (χ2n) is 9.84. The fraction of sp³-hybridized carbons (Fsp3) is 0.500. The molecule has 1 unspecified atom stereocenters. The van der Waals surface area contributed by atoms with E-state index >= 15 is 0 Å². The summed E-state index contributed by atoms with van der Waals surface area (Å²) in [6.07, 6.45) is -3.67. The van der Waals surface area contributed by atoms with Crippen LogP contribution in [0.25, 0.3) is 22.3 Å². The number of fused-ring (bicyclic) bond motifs is 2. The van der Waals surface area contributed by atoms with E-state index in [1.54, 1.807) is 0 Å². The first-order valence-electron chi connectivity index (χ1n) is 12.7. The largest absolute Gasteiger partial charge is 0.472 e. The molecule has 6 rings (SSSR count). The van der Waals surface area contributed by atoms with Gasteiger partial charge in [-0.1, -0.05) is 0 Å². The number of H-pyrrole nitrogens is 1. The summed E-state index contributed by atoms with van der Waals surface area (Å²) in [5, 5.41) is 0. The highest BCUT2D eigenvalue weighted by Crippen LogP contribution is 2.50. The number of nitrogen functional groups attached to an aromatic ring is 2.